The van der Waals surface area contributed by atoms with Crippen molar-refractivity contribution < 1.29 is 0 Å². The SMILES string of the molecule is [Pb].c1ccc2c(c1)-c1nc-2nc2[nH]c(nc3nc(nc4[nH]c(n1)c1ccccc41)-c1ccccc1-3)c1ccccc21. The summed E-state index contributed by atoms with van der Waals surface area (Å²) in [7, 11) is 0. The molecule has 0 fully saturated rings. The average molecular weight is 722 g/mol. The first kappa shape index (κ1) is 24.0. The minimum Gasteiger partial charge on any atom is -0.324 e. The molecule has 0 spiro atoms. The van der Waals surface area contributed by atoms with Crippen LogP contribution in [-0.2, 0) is 0 Å². The van der Waals surface area contributed by atoms with Gasteiger partial charge in [-0.2, -0.15) is 0 Å². The number of H-pyrrole nitrogens is 2. The van der Waals surface area contributed by atoms with E-state index in [-0.39, 0.29) is 27.3 Å². The van der Waals surface area contributed by atoms with Crippen molar-refractivity contribution in [1.82, 2.24) is 39.9 Å². The van der Waals surface area contributed by atoms with Crippen LogP contribution >= 0.6 is 0 Å². The first-order valence-electron chi connectivity index (χ1n) is 13.0. The Morgan fingerprint density at radius 1 is 0.317 bits per heavy atom. The molecular weight excluding hydrogens is 704 g/mol. The van der Waals surface area contributed by atoms with Crippen LogP contribution in [0, 0.1) is 0 Å². The molecule has 0 aliphatic carbocycles. The van der Waals surface area contributed by atoms with Crippen LogP contribution in [0.1, 0.15) is 0 Å². The normalized spacial score (nSPS) is 11.7. The quantitative estimate of drug-likeness (QED) is 0.174. The van der Waals surface area contributed by atoms with E-state index in [2.05, 4.69) is 9.97 Å². The number of fused-ring (bicyclic) bond motifs is 20. The number of nitrogens with one attached hydrogen (secondary N) is 2. The second-order valence-electron chi connectivity index (χ2n) is 9.79. The Bertz CT molecular complexity index is 2030. The van der Waals surface area contributed by atoms with Crippen LogP contribution in [0.25, 0.3) is 89.7 Å². The van der Waals surface area contributed by atoms with Gasteiger partial charge in [-0.3, -0.25) is 0 Å². The fraction of sp³-hybridized carbons (Fsp3) is 0. The van der Waals surface area contributed by atoms with E-state index in [1.165, 1.54) is 0 Å². The van der Waals surface area contributed by atoms with Crippen molar-refractivity contribution in [3.63, 3.8) is 0 Å². The molecule has 2 aliphatic heterocycles. The third-order valence-corrected chi connectivity index (χ3v) is 7.46. The van der Waals surface area contributed by atoms with Crippen molar-refractivity contribution in [2.45, 2.75) is 0 Å². The Labute approximate surface area is 252 Å². The molecule has 9 rings (SSSR count). The molecule has 3 aromatic heterocycles. The van der Waals surface area contributed by atoms with Crippen LogP contribution in [0.5, 0.6) is 0 Å². The van der Waals surface area contributed by atoms with Gasteiger partial charge in [0.1, 0.15) is 22.6 Å². The zero-order valence-corrected chi connectivity index (χ0v) is 25.3. The number of hydrogen-bond donors (Lipinski definition) is 2. The molecule has 2 aliphatic rings. The fourth-order valence-electron chi connectivity index (χ4n) is 5.59. The summed E-state index contributed by atoms with van der Waals surface area (Å²) in [6, 6.07) is 32.2. The van der Waals surface area contributed by atoms with Crippen LogP contribution in [0.2, 0.25) is 0 Å². The number of hydrogen-bond acceptors (Lipinski definition) is 6. The summed E-state index contributed by atoms with van der Waals surface area (Å²) in [6.45, 7) is 0. The zero-order valence-electron chi connectivity index (χ0n) is 21.4. The molecule has 4 aromatic carbocycles. The molecule has 4 radical (unpaired) electrons. The van der Waals surface area contributed by atoms with E-state index in [1.54, 1.807) is 0 Å². The molecule has 0 atom stereocenters. The molecule has 5 heterocycles. The van der Waals surface area contributed by atoms with Gasteiger partial charge in [-0.1, -0.05) is 97.1 Å². The number of rotatable bonds is 0. The van der Waals surface area contributed by atoms with Gasteiger partial charge in [0.05, 0.1) is 0 Å². The van der Waals surface area contributed by atoms with Gasteiger partial charge in [0.2, 0.25) is 0 Å². The Morgan fingerprint density at radius 3 is 0.829 bits per heavy atom. The Balaban J connectivity index is 0.00000256. The van der Waals surface area contributed by atoms with E-state index in [4.69, 9.17) is 29.9 Å². The van der Waals surface area contributed by atoms with Crippen LogP contribution in [0.4, 0.5) is 0 Å². The number of aromatic nitrogens is 8. The van der Waals surface area contributed by atoms with Crippen molar-refractivity contribution >= 4 is 71.4 Å². The molecule has 0 saturated carbocycles. The van der Waals surface area contributed by atoms with E-state index in [1.807, 2.05) is 97.1 Å². The maximum absolute atomic E-state index is 5.02. The molecule has 8 bridgehead atoms. The largest absolute Gasteiger partial charge is 0.324 e. The van der Waals surface area contributed by atoms with E-state index >= 15 is 0 Å². The maximum atomic E-state index is 5.02. The summed E-state index contributed by atoms with van der Waals surface area (Å²) in [5.41, 5.74) is 6.45. The maximum Gasteiger partial charge on any atom is 0.164 e. The molecule has 2 N–H and O–H groups in total. The number of aromatic amines is 2. The Morgan fingerprint density at radius 2 is 0.561 bits per heavy atom. The van der Waals surface area contributed by atoms with Crippen LogP contribution in [0.3, 0.4) is 0 Å². The average Bonchev–Trinajstić information content (AvgIpc) is 3.73. The van der Waals surface area contributed by atoms with Gasteiger partial charge in [0.25, 0.3) is 0 Å². The van der Waals surface area contributed by atoms with Crippen molar-refractivity contribution in [2.24, 2.45) is 0 Å². The minimum absolute atomic E-state index is 0. The molecular formula is C32H18N8Pb. The van der Waals surface area contributed by atoms with Gasteiger partial charge < -0.3 is 9.97 Å². The van der Waals surface area contributed by atoms with Gasteiger partial charge in [-0.05, 0) is 0 Å². The third-order valence-electron chi connectivity index (χ3n) is 7.46. The van der Waals surface area contributed by atoms with Gasteiger partial charge in [0.15, 0.2) is 23.3 Å². The van der Waals surface area contributed by atoms with Gasteiger partial charge in [-0.15, -0.1) is 0 Å². The summed E-state index contributed by atoms with van der Waals surface area (Å²) < 4.78 is 0. The fourth-order valence-corrected chi connectivity index (χ4v) is 5.59. The summed E-state index contributed by atoms with van der Waals surface area (Å²) >= 11 is 0. The smallest absolute Gasteiger partial charge is 0.164 e. The Hall–Kier alpha value is -4.84. The van der Waals surface area contributed by atoms with Gasteiger partial charge in [0, 0.05) is 71.1 Å². The predicted molar refractivity (Wildman–Crippen MR) is 162 cm³/mol. The molecule has 0 unspecified atom stereocenters. The van der Waals surface area contributed by atoms with Crippen molar-refractivity contribution in [3.05, 3.63) is 97.1 Å². The second-order valence-corrected chi connectivity index (χ2v) is 9.79. The monoisotopic (exact) mass is 722 g/mol. The Kier molecular flexibility index (Phi) is 5.33. The van der Waals surface area contributed by atoms with Crippen LogP contribution < -0.4 is 0 Å². The van der Waals surface area contributed by atoms with Gasteiger partial charge >= 0.3 is 0 Å². The molecule has 9 heteroatoms. The van der Waals surface area contributed by atoms with Gasteiger partial charge in [-0.25, -0.2) is 29.9 Å². The summed E-state index contributed by atoms with van der Waals surface area (Å²) in [5, 5.41) is 3.82. The minimum atomic E-state index is 0. The molecule has 7 aromatic rings. The zero-order chi connectivity index (χ0) is 26.2. The first-order chi connectivity index (χ1) is 19.8. The number of nitrogens with zero attached hydrogens (tertiary/aromatic N) is 6. The summed E-state index contributed by atoms with van der Waals surface area (Å²) in [4.78, 5) is 36.8. The predicted octanol–water partition coefficient (Wildman–Crippen LogP) is 6.49. The van der Waals surface area contributed by atoms with E-state index in [9.17, 15) is 0 Å². The molecule has 41 heavy (non-hydrogen) atoms. The first-order valence-corrected chi connectivity index (χ1v) is 13.0. The van der Waals surface area contributed by atoms with Crippen molar-refractivity contribution in [1.29, 1.82) is 0 Å². The number of benzene rings is 4. The second kappa shape index (κ2) is 9.10. The van der Waals surface area contributed by atoms with E-state index < -0.39 is 0 Å². The molecule has 0 saturated heterocycles. The third kappa shape index (κ3) is 3.63. The summed E-state index contributed by atoms with van der Waals surface area (Å²) in [6.07, 6.45) is 0. The summed E-state index contributed by atoms with van der Waals surface area (Å²) in [5.74, 6) is 2.39. The van der Waals surface area contributed by atoms with Crippen molar-refractivity contribution in [2.75, 3.05) is 0 Å². The topological polar surface area (TPSA) is 109 Å². The van der Waals surface area contributed by atoms with Crippen molar-refractivity contribution in [3.8, 4) is 45.6 Å². The van der Waals surface area contributed by atoms with Crippen LogP contribution in [0.15, 0.2) is 97.1 Å². The van der Waals surface area contributed by atoms with E-state index in [0.29, 0.717) is 45.9 Å². The molecule has 190 valence electrons. The van der Waals surface area contributed by atoms with Crippen LogP contribution in [-0.4, -0.2) is 67.2 Å². The molecule has 0 amide bonds. The standard InChI is InChI=1S/C32H18N8.Pb/c1-2-10-18-17(9-1)25-33-26(18)38-28-21-13-5-6-14-22(21)30(35-28)40-32-24-16-8-7-15-23(24)31(36-32)39-29-20-12-4-3-11-19(20)27(34-29)37-25;/h1-16H,(H2,33,34,35,36,37,38,39,40);. The van der Waals surface area contributed by atoms with E-state index in [0.717, 1.165) is 43.8 Å². The molecule has 8 nitrogen and oxygen atoms in total.